The number of aliphatic hydroxyl groups is 1. The highest BCUT2D eigenvalue weighted by atomic mass is 16.5. The number of anilines is 1. The van der Waals surface area contributed by atoms with E-state index in [2.05, 4.69) is 51.9 Å². The monoisotopic (exact) mass is 515 g/mol. The molecule has 0 unspecified atom stereocenters. The Bertz CT molecular complexity index is 1350. The van der Waals surface area contributed by atoms with Gasteiger partial charge in [-0.15, -0.1) is 0 Å². The molecule has 1 fully saturated rings. The van der Waals surface area contributed by atoms with Crippen molar-refractivity contribution in [2.24, 2.45) is 7.05 Å². The van der Waals surface area contributed by atoms with Gasteiger partial charge >= 0.3 is 0 Å². The Labute approximate surface area is 224 Å². The maximum atomic E-state index is 12.7. The Hall–Kier alpha value is -3.64. The number of nitrogens with zero attached hydrogens (tertiary/aromatic N) is 3. The molecule has 1 aliphatic heterocycles. The van der Waals surface area contributed by atoms with E-state index in [4.69, 9.17) is 4.74 Å². The second kappa shape index (κ2) is 12.3. The second-order valence-corrected chi connectivity index (χ2v) is 10.3. The van der Waals surface area contributed by atoms with Gasteiger partial charge in [-0.05, 0) is 73.0 Å². The summed E-state index contributed by atoms with van der Waals surface area (Å²) in [7, 11) is 1.93. The number of fused-ring (bicyclic) bond motifs is 1. The number of rotatable bonds is 10. The predicted molar refractivity (Wildman–Crippen MR) is 152 cm³/mol. The third kappa shape index (κ3) is 6.81. The molecule has 2 heterocycles. The Morgan fingerprint density at radius 3 is 2.61 bits per heavy atom. The van der Waals surface area contributed by atoms with Crippen molar-refractivity contribution in [1.82, 2.24) is 14.8 Å². The van der Waals surface area contributed by atoms with E-state index in [1.54, 1.807) is 6.08 Å². The van der Waals surface area contributed by atoms with Crippen LogP contribution >= 0.6 is 0 Å². The van der Waals surface area contributed by atoms with E-state index in [1.807, 2.05) is 43.7 Å². The first-order valence-electron chi connectivity index (χ1n) is 13.1. The molecule has 8 heteroatoms. The molecule has 200 valence electrons. The fourth-order valence-corrected chi connectivity index (χ4v) is 4.67. The van der Waals surface area contributed by atoms with Crippen molar-refractivity contribution in [3.05, 3.63) is 59.8 Å². The second-order valence-electron chi connectivity index (χ2n) is 10.3. The Kier molecular flexibility index (Phi) is 8.85. The maximum absolute atomic E-state index is 12.7. The highest BCUT2D eigenvalue weighted by Crippen LogP contribution is 2.28. The molecule has 3 N–H and O–H groups in total. The van der Waals surface area contributed by atoms with Gasteiger partial charge in [-0.3, -0.25) is 9.69 Å². The number of hydrogen-bond donors (Lipinski definition) is 3. The topological polar surface area (TPSA) is 103 Å². The van der Waals surface area contributed by atoms with Gasteiger partial charge in [0, 0.05) is 62.4 Å². The van der Waals surface area contributed by atoms with Crippen molar-refractivity contribution >= 4 is 28.4 Å². The molecule has 0 bridgehead atoms. The van der Waals surface area contributed by atoms with E-state index >= 15 is 0 Å². The molecule has 1 aromatic heterocycles. The van der Waals surface area contributed by atoms with E-state index in [0.29, 0.717) is 6.42 Å². The molecule has 1 aliphatic rings. The van der Waals surface area contributed by atoms with E-state index in [9.17, 15) is 15.2 Å². The number of nitrogens with one attached hydrogen (secondary N) is 2. The minimum Gasteiger partial charge on any atom is -0.396 e. The van der Waals surface area contributed by atoms with Gasteiger partial charge < -0.3 is 25.0 Å². The molecule has 0 spiro atoms. The van der Waals surface area contributed by atoms with Gasteiger partial charge in [-0.1, -0.05) is 18.2 Å². The van der Waals surface area contributed by atoms with Crippen LogP contribution in [0.2, 0.25) is 0 Å². The maximum Gasteiger partial charge on any atom is 0.262 e. The van der Waals surface area contributed by atoms with Crippen LogP contribution in [0.3, 0.4) is 0 Å². The average molecular weight is 516 g/mol. The zero-order chi connectivity index (χ0) is 27.1. The molecule has 8 nitrogen and oxygen atoms in total. The summed E-state index contributed by atoms with van der Waals surface area (Å²) in [4.78, 5) is 15.1. The zero-order valence-electron chi connectivity index (χ0n) is 22.5. The van der Waals surface area contributed by atoms with Crippen LogP contribution < -0.4 is 10.6 Å². The van der Waals surface area contributed by atoms with Gasteiger partial charge in [0.25, 0.3) is 5.91 Å². The van der Waals surface area contributed by atoms with Gasteiger partial charge in [-0.25, -0.2) is 0 Å². The number of carbonyl (C=O) groups excluding carboxylic acids is 1. The predicted octanol–water partition coefficient (Wildman–Crippen LogP) is 3.77. The fourth-order valence-electron chi connectivity index (χ4n) is 4.67. The van der Waals surface area contributed by atoms with Crippen molar-refractivity contribution in [2.45, 2.75) is 25.8 Å². The largest absolute Gasteiger partial charge is 0.396 e. The lowest BCUT2D eigenvalue weighted by atomic mass is 10.0. The quantitative estimate of drug-likeness (QED) is 0.281. The van der Waals surface area contributed by atoms with Gasteiger partial charge in [0.2, 0.25) is 0 Å². The molecular weight excluding hydrogens is 478 g/mol. The summed E-state index contributed by atoms with van der Waals surface area (Å²) in [5.41, 5.74) is 3.32. The molecule has 0 atom stereocenters. The van der Waals surface area contributed by atoms with Gasteiger partial charge in [0.05, 0.1) is 13.2 Å². The van der Waals surface area contributed by atoms with E-state index < -0.39 is 11.4 Å². The number of morpholine rings is 1. The summed E-state index contributed by atoms with van der Waals surface area (Å²) < 4.78 is 7.39. The van der Waals surface area contributed by atoms with Crippen molar-refractivity contribution in [2.75, 3.05) is 51.3 Å². The van der Waals surface area contributed by atoms with Gasteiger partial charge in [0.15, 0.2) is 0 Å². The number of aromatic nitrogens is 1. The highest BCUT2D eigenvalue weighted by molar-refractivity contribution is 6.02. The Balaban J connectivity index is 1.46. The smallest absolute Gasteiger partial charge is 0.262 e. The Morgan fingerprint density at radius 1 is 1.13 bits per heavy atom. The van der Waals surface area contributed by atoms with E-state index in [0.717, 1.165) is 72.8 Å². The van der Waals surface area contributed by atoms with Gasteiger partial charge in [-0.2, -0.15) is 5.26 Å². The minimum atomic E-state index is -0.607. The average Bonchev–Trinajstić information content (AvgIpc) is 3.26. The fraction of sp³-hybridized carbons (Fsp3) is 0.400. The number of nitriles is 1. The molecule has 38 heavy (non-hydrogen) atoms. The summed E-state index contributed by atoms with van der Waals surface area (Å²) >= 11 is 0. The molecule has 3 aromatic rings. The van der Waals surface area contributed by atoms with Crippen LogP contribution in [0.15, 0.2) is 54.1 Å². The van der Waals surface area contributed by atoms with Crippen molar-refractivity contribution in [3.63, 3.8) is 0 Å². The number of carbonyl (C=O) groups is 1. The van der Waals surface area contributed by atoms with Gasteiger partial charge in [0.1, 0.15) is 11.6 Å². The van der Waals surface area contributed by atoms with Crippen LogP contribution in [-0.4, -0.2) is 72.0 Å². The minimum absolute atomic E-state index is 0.0240. The summed E-state index contributed by atoms with van der Waals surface area (Å²) in [6, 6.07) is 18.7. The lowest BCUT2D eigenvalue weighted by Crippen LogP contribution is -2.44. The molecule has 1 amide bonds. The van der Waals surface area contributed by atoms with Crippen LogP contribution in [0.25, 0.3) is 28.1 Å². The lowest BCUT2D eigenvalue weighted by Gasteiger charge is -2.26. The molecule has 0 radical (unpaired) electrons. The summed E-state index contributed by atoms with van der Waals surface area (Å²) in [5.74, 6) is -0.450. The van der Waals surface area contributed by atoms with Crippen molar-refractivity contribution < 1.29 is 14.6 Å². The number of ether oxygens (including phenoxy) is 1. The molecular formula is C30H37N5O3. The first-order valence-corrected chi connectivity index (χ1v) is 13.1. The first-order chi connectivity index (χ1) is 18.3. The number of aliphatic hydroxyl groups excluding tert-OH is 1. The van der Waals surface area contributed by atoms with Crippen LogP contribution in [0, 0.1) is 11.3 Å². The molecule has 2 aromatic carbocycles. The van der Waals surface area contributed by atoms with Crippen LogP contribution in [0.4, 0.5) is 5.69 Å². The summed E-state index contributed by atoms with van der Waals surface area (Å²) in [6.07, 6.45) is 2.00. The molecule has 0 aliphatic carbocycles. The third-order valence-electron chi connectivity index (χ3n) is 7.00. The van der Waals surface area contributed by atoms with Crippen molar-refractivity contribution in [3.8, 4) is 17.3 Å². The summed E-state index contributed by atoms with van der Waals surface area (Å²) in [5, 5.41) is 27.5. The Morgan fingerprint density at radius 2 is 1.87 bits per heavy atom. The van der Waals surface area contributed by atoms with Crippen LogP contribution in [0.5, 0.6) is 0 Å². The number of benzene rings is 2. The van der Waals surface area contributed by atoms with Crippen molar-refractivity contribution in [1.29, 1.82) is 5.26 Å². The van der Waals surface area contributed by atoms with Crippen LogP contribution in [0.1, 0.15) is 26.0 Å². The number of amides is 1. The molecule has 4 rings (SSSR count). The lowest BCUT2D eigenvalue weighted by molar-refractivity contribution is -0.118. The zero-order valence-corrected chi connectivity index (χ0v) is 22.5. The standard InChI is InChI=1S/C30H37N5O3/c1-30(2,10-15-36)33-29(37)25(21-31)20-27-8-9-28(34(27)3)24-5-4-23-19-26(7-6-22(23)18-24)32-11-12-35-13-16-38-17-14-35/h4-9,18-20,32,36H,10-17H2,1-3H3,(H,33,37)/b25-20+. The van der Waals surface area contributed by atoms with E-state index in [1.165, 1.54) is 0 Å². The van der Waals surface area contributed by atoms with E-state index in [-0.39, 0.29) is 12.2 Å². The van der Waals surface area contributed by atoms with Crippen LogP contribution in [-0.2, 0) is 16.6 Å². The molecule has 1 saturated heterocycles. The SMILES string of the molecule is Cn1c(/C=C(\C#N)C(=O)NC(C)(C)CCO)ccc1-c1ccc2cc(NCCN3CCOCC3)ccc2c1. The molecule has 0 saturated carbocycles. The normalized spacial score (nSPS) is 14.9. The third-order valence-corrected chi connectivity index (χ3v) is 7.00. The number of hydrogen-bond acceptors (Lipinski definition) is 6. The first kappa shape index (κ1) is 27.4. The summed E-state index contributed by atoms with van der Waals surface area (Å²) in [6.45, 7) is 9.11. The highest BCUT2D eigenvalue weighted by Gasteiger charge is 2.22.